The summed E-state index contributed by atoms with van der Waals surface area (Å²) in [5.74, 6) is 1.95. The molecule has 0 bridgehead atoms. The van der Waals surface area contributed by atoms with Gasteiger partial charge in [-0.3, -0.25) is 9.97 Å². The van der Waals surface area contributed by atoms with Gasteiger partial charge in [-0.15, -0.1) is 0 Å². The van der Waals surface area contributed by atoms with Crippen molar-refractivity contribution in [1.82, 2.24) is 59.8 Å². The molecule has 0 aliphatic heterocycles. The fourth-order valence-electron chi connectivity index (χ4n) is 3.33. The van der Waals surface area contributed by atoms with Crippen LogP contribution in [0.2, 0.25) is 0 Å². The van der Waals surface area contributed by atoms with Gasteiger partial charge in [0.1, 0.15) is 23.7 Å². The predicted molar refractivity (Wildman–Crippen MR) is 121 cm³/mol. The topological polar surface area (TPSA) is 185 Å². The number of hydrogen-bond acceptors (Lipinski definition) is 12. The van der Waals surface area contributed by atoms with Crippen LogP contribution in [0.1, 0.15) is 11.4 Å². The number of hydrogen-bond donors (Lipinski definition) is 4. The second kappa shape index (κ2) is 8.42. The molecular formula is C20H16N14. The summed E-state index contributed by atoms with van der Waals surface area (Å²) in [6, 6.07) is 1.83. The zero-order chi connectivity index (χ0) is 22.7. The lowest BCUT2D eigenvalue weighted by atomic mass is 10.4. The van der Waals surface area contributed by atoms with Crippen molar-refractivity contribution in [2.75, 3.05) is 10.6 Å². The first-order valence-electron chi connectivity index (χ1n) is 10.2. The van der Waals surface area contributed by atoms with Crippen LogP contribution < -0.4 is 10.6 Å². The summed E-state index contributed by atoms with van der Waals surface area (Å²) in [5.41, 5.74) is 3.89. The maximum Gasteiger partial charge on any atom is 0.199 e. The number of imidazole rings is 2. The van der Waals surface area contributed by atoms with E-state index in [-0.39, 0.29) is 0 Å². The van der Waals surface area contributed by atoms with Crippen molar-refractivity contribution in [2.45, 2.75) is 13.1 Å². The molecule has 6 aromatic heterocycles. The number of nitrogens with zero attached hydrogens (tertiary/aromatic N) is 10. The van der Waals surface area contributed by atoms with Gasteiger partial charge in [-0.1, -0.05) is 0 Å². The molecule has 0 aliphatic rings. The van der Waals surface area contributed by atoms with Crippen molar-refractivity contribution >= 4 is 34.0 Å². The van der Waals surface area contributed by atoms with Gasteiger partial charge in [0, 0.05) is 18.6 Å². The molecule has 0 spiro atoms. The van der Waals surface area contributed by atoms with Crippen LogP contribution >= 0.6 is 0 Å². The smallest absolute Gasteiger partial charge is 0.199 e. The minimum atomic E-state index is 0.362. The van der Waals surface area contributed by atoms with E-state index in [1.165, 1.54) is 12.7 Å². The van der Waals surface area contributed by atoms with Crippen LogP contribution in [-0.2, 0) is 13.1 Å². The molecule has 166 valence electrons. The summed E-state index contributed by atoms with van der Waals surface area (Å²) in [4.78, 5) is 49.4. The zero-order valence-corrected chi connectivity index (χ0v) is 17.5. The molecule has 34 heavy (non-hydrogen) atoms. The minimum absolute atomic E-state index is 0.362. The highest BCUT2D eigenvalue weighted by Crippen LogP contribution is 2.25. The van der Waals surface area contributed by atoms with Gasteiger partial charge in [0.25, 0.3) is 0 Å². The van der Waals surface area contributed by atoms with Crippen molar-refractivity contribution in [2.24, 2.45) is 0 Å². The molecule has 0 fully saturated rings. The first-order valence-corrected chi connectivity index (χ1v) is 10.2. The fraction of sp³-hybridized carbons (Fsp3) is 0.100. The van der Waals surface area contributed by atoms with Gasteiger partial charge < -0.3 is 20.6 Å². The van der Waals surface area contributed by atoms with Crippen molar-refractivity contribution in [3.8, 4) is 11.6 Å². The van der Waals surface area contributed by atoms with Crippen molar-refractivity contribution in [1.29, 1.82) is 0 Å². The number of nitrogens with one attached hydrogen (secondary N) is 4. The maximum absolute atomic E-state index is 4.66. The van der Waals surface area contributed by atoms with Crippen LogP contribution in [0.4, 0.5) is 11.6 Å². The molecular weight excluding hydrogens is 436 g/mol. The van der Waals surface area contributed by atoms with Crippen LogP contribution in [-0.4, -0.2) is 59.8 Å². The van der Waals surface area contributed by atoms with E-state index in [9.17, 15) is 0 Å². The van der Waals surface area contributed by atoms with E-state index in [4.69, 9.17) is 0 Å². The zero-order valence-electron chi connectivity index (χ0n) is 17.5. The van der Waals surface area contributed by atoms with Gasteiger partial charge in [-0.25, -0.2) is 39.9 Å². The molecule has 0 unspecified atom stereocenters. The van der Waals surface area contributed by atoms with Gasteiger partial charge in [0.15, 0.2) is 34.6 Å². The third-order valence-corrected chi connectivity index (χ3v) is 4.92. The Morgan fingerprint density at radius 3 is 2.50 bits per heavy atom. The van der Waals surface area contributed by atoms with Crippen molar-refractivity contribution in [3.05, 3.63) is 61.2 Å². The Hall–Kier alpha value is -5.14. The highest BCUT2D eigenvalue weighted by atomic mass is 15.1. The van der Waals surface area contributed by atoms with Crippen LogP contribution in [0.3, 0.4) is 0 Å². The molecule has 0 aliphatic carbocycles. The van der Waals surface area contributed by atoms with Gasteiger partial charge in [-0.2, -0.15) is 0 Å². The standard InChI is InChI=1S/C20H16N14/c1-2-22-8-26-11(1)6-24-15-14-18(30-10-28-15)34-19(31-14)20-32-16(13-17(33-20)29-9-27-13)25-7-12-5-21-3-4-23-12/h1-5,8-10H,6-7H2,(H2,24,28,30,31,34)(H2,25,27,29,32,33). The second-order valence-corrected chi connectivity index (χ2v) is 7.11. The SMILES string of the molecule is c1cc(CNc2ncnc3nc(-c4nc(NCc5cnccn5)c5[nH]cnc5n4)[nH]c23)ncn1. The highest BCUT2D eigenvalue weighted by molar-refractivity contribution is 5.87. The van der Waals surface area contributed by atoms with Gasteiger partial charge >= 0.3 is 0 Å². The fourth-order valence-corrected chi connectivity index (χ4v) is 3.33. The Kier molecular flexibility index (Phi) is 4.84. The molecule has 6 rings (SSSR count). The first kappa shape index (κ1) is 19.5. The Morgan fingerprint density at radius 2 is 1.62 bits per heavy atom. The molecule has 6 aromatic rings. The molecule has 0 amide bonds. The summed E-state index contributed by atoms with van der Waals surface area (Å²) in [5, 5.41) is 6.51. The average Bonchev–Trinajstić information content (AvgIpc) is 3.55. The monoisotopic (exact) mass is 452 g/mol. The lowest BCUT2D eigenvalue weighted by molar-refractivity contribution is 0.995. The molecule has 6 heterocycles. The van der Waals surface area contributed by atoms with Gasteiger partial charge in [-0.05, 0) is 6.07 Å². The summed E-state index contributed by atoms with van der Waals surface area (Å²) in [6.45, 7) is 0.899. The van der Waals surface area contributed by atoms with E-state index >= 15 is 0 Å². The quantitative estimate of drug-likeness (QED) is 0.274. The Bertz CT molecular complexity index is 1560. The number of rotatable bonds is 7. The number of aromatic nitrogens is 12. The summed E-state index contributed by atoms with van der Waals surface area (Å²) in [7, 11) is 0. The summed E-state index contributed by atoms with van der Waals surface area (Å²) < 4.78 is 0. The normalized spacial score (nSPS) is 11.2. The second-order valence-electron chi connectivity index (χ2n) is 7.11. The van der Waals surface area contributed by atoms with Gasteiger partial charge in [0.05, 0.1) is 37.0 Å². The molecule has 14 nitrogen and oxygen atoms in total. The number of fused-ring (bicyclic) bond motifs is 2. The third-order valence-electron chi connectivity index (χ3n) is 4.92. The Balaban J connectivity index is 1.33. The molecule has 0 atom stereocenters. The highest BCUT2D eigenvalue weighted by Gasteiger charge is 2.17. The largest absolute Gasteiger partial charge is 0.363 e. The predicted octanol–water partition coefficient (Wildman–Crippen LogP) is 1.49. The van der Waals surface area contributed by atoms with Crippen LogP contribution in [0.15, 0.2) is 49.8 Å². The number of aromatic amines is 2. The molecule has 14 heteroatoms. The lowest BCUT2D eigenvalue weighted by Crippen LogP contribution is -2.06. The van der Waals surface area contributed by atoms with E-state index < -0.39 is 0 Å². The van der Waals surface area contributed by atoms with Gasteiger partial charge in [0.2, 0.25) is 0 Å². The molecule has 0 saturated heterocycles. The van der Waals surface area contributed by atoms with E-state index in [0.29, 0.717) is 58.7 Å². The molecule has 4 N–H and O–H groups in total. The average molecular weight is 452 g/mol. The number of H-pyrrole nitrogens is 2. The van der Waals surface area contributed by atoms with Crippen molar-refractivity contribution < 1.29 is 0 Å². The molecule has 0 aromatic carbocycles. The summed E-state index contributed by atoms with van der Waals surface area (Å²) >= 11 is 0. The van der Waals surface area contributed by atoms with E-state index in [0.717, 1.165) is 11.4 Å². The Morgan fingerprint density at radius 1 is 0.706 bits per heavy atom. The number of anilines is 2. The Labute approximate surface area is 190 Å². The lowest BCUT2D eigenvalue weighted by Gasteiger charge is -2.07. The molecule has 0 radical (unpaired) electrons. The molecule has 0 saturated carbocycles. The third kappa shape index (κ3) is 3.79. The van der Waals surface area contributed by atoms with E-state index in [1.54, 1.807) is 31.1 Å². The van der Waals surface area contributed by atoms with Crippen LogP contribution in [0, 0.1) is 0 Å². The maximum atomic E-state index is 4.66. The van der Waals surface area contributed by atoms with Crippen LogP contribution in [0.25, 0.3) is 34.0 Å². The van der Waals surface area contributed by atoms with Crippen molar-refractivity contribution in [3.63, 3.8) is 0 Å². The minimum Gasteiger partial charge on any atom is -0.363 e. The van der Waals surface area contributed by atoms with E-state index in [2.05, 4.69) is 70.4 Å². The van der Waals surface area contributed by atoms with Crippen LogP contribution in [0.5, 0.6) is 0 Å². The van der Waals surface area contributed by atoms with E-state index in [1.807, 2.05) is 6.07 Å². The summed E-state index contributed by atoms with van der Waals surface area (Å²) in [6.07, 6.45) is 11.1. The first-order chi connectivity index (χ1) is 16.8.